The second-order valence-corrected chi connectivity index (χ2v) is 9.51. The Morgan fingerprint density at radius 2 is 1.90 bits per heavy atom. The quantitative estimate of drug-likeness (QED) is 0.510. The molecule has 0 amide bonds. The van der Waals surface area contributed by atoms with Crippen LogP contribution < -0.4 is 15.6 Å². The molecule has 0 bridgehead atoms. The summed E-state index contributed by atoms with van der Waals surface area (Å²) in [4.78, 5) is 12.1. The Bertz CT molecular complexity index is 1080. The number of aromatic nitrogens is 1. The topological polar surface area (TPSA) is 121 Å². The van der Waals surface area contributed by atoms with E-state index in [1.54, 1.807) is 13.0 Å². The molecule has 1 atom stereocenters. The van der Waals surface area contributed by atoms with Crippen LogP contribution in [0.4, 0.5) is 21.6 Å². The maximum atomic E-state index is 14.3. The first-order valence-electron chi connectivity index (χ1n) is 9.13. The lowest BCUT2D eigenvalue weighted by molar-refractivity contribution is 0.0858. The number of rotatable bonds is 8. The van der Waals surface area contributed by atoms with Crippen LogP contribution in [0.3, 0.4) is 0 Å². The van der Waals surface area contributed by atoms with Crippen molar-refractivity contribution in [1.82, 2.24) is 4.57 Å². The molecule has 8 nitrogen and oxygen atoms in total. The fourth-order valence-corrected chi connectivity index (χ4v) is 4.91. The normalized spacial score (nSPS) is 16.3. The SMILES string of the molecule is Cc1ccc(Nc2c(NS(=O)(=O)C3(CC(O)CO)CC3)ccc(=O)n2C)c(F)c1. The Hall–Kier alpha value is -2.43. The molecule has 3 rings (SSSR count). The summed E-state index contributed by atoms with van der Waals surface area (Å²) in [6.07, 6.45) is -0.547. The first-order chi connectivity index (χ1) is 13.6. The highest BCUT2D eigenvalue weighted by Crippen LogP contribution is 2.48. The van der Waals surface area contributed by atoms with Gasteiger partial charge in [-0.2, -0.15) is 0 Å². The van der Waals surface area contributed by atoms with Crippen molar-refractivity contribution in [3.8, 4) is 0 Å². The first-order valence-corrected chi connectivity index (χ1v) is 10.6. The molecule has 1 aliphatic rings. The highest BCUT2D eigenvalue weighted by Gasteiger charge is 2.55. The summed E-state index contributed by atoms with van der Waals surface area (Å²) in [5, 5.41) is 21.6. The van der Waals surface area contributed by atoms with Crippen LogP contribution in [0, 0.1) is 12.7 Å². The van der Waals surface area contributed by atoms with Crippen LogP contribution in [0.25, 0.3) is 0 Å². The van der Waals surface area contributed by atoms with Gasteiger partial charge >= 0.3 is 0 Å². The Labute approximate surface area is 168 Å². The molecule has 0 spiro atoms. The molecule has 4 N–H and O–H groups in total. The minimum Gasteiger partial charge on any atom is -0.394 e. The molecular formula is C19H24FN3O5S. The third kappa shape index (κ3) is 4.29. The summed E-state index contributed by atoms with van der Waals surface area (Å²) in [5.41, 5.74) is 0.486. The van der Waals surface area contributed by atoms with Gasteiger partial charge in [-0.05, 0) is 49.9 Å². The number of anilines is 3. The monoisotopic (exact) mass is 425 g/mol. The van der Waals surface area contributed by atoms with Gasteiger partial charge in [0.15, 0.2) is 0 Å². The first kappa shape index (κ1) is 21.3. The van der Waals surface area contributed by atoms with Crippen molar-refractivity contribution in [3.63, 3.8) is 0 Å². The number of hydrogen-bond donors (Lipinski definition) is 4. The van der Waals surface area contributed by atoms with Crippen molar-refractivity contribution < 1.29 is 23.0 Å². The van der Waals surface area contributed by atoms with Crippen LogP contribution in [0.1, 0.15) is 24.8 Å². The zero-order chi connectivity index (χ0) is 21.4. The van der Waals surface area contributed by atoms with E-state index in [-0.39, 0.29) is 23.6 Å². The standard InChI is InChI=1S/C19H24FN3O5S/c1-12-3-4-15(14(20)9-12)21-18-16(5-6-17(26)23(18)2)22-29(27,28)19(7-8-19)10-13(25)11-24/h3-6,9,13,21-22,24-25H,7-8,10-11H2,1-2H3. The van der Waals surface area contributed by atoms with Crippen LogP contribution in [0.15, 0.2) is 35.1 Å². The number of halogens is 1. The third-order valence-corrected chi connectivity index (χ3v) is 7.34. The average molecular weight is 425 g/mol. The maximum Gasteiger partial charge on any atom is 0.251 e. The van der Waals surface area contributed by atoms with Gasteiger partial charge in [-0.25, -0.2) is 12.8 Å². The molecule has 1 fully saturated rings. The predicted molar refractivity (Wildman–Crippen MR) is 108 cm³/mol. The van der Waals surface area contributed by atoms with Gasteiger partial charge in [0.05, 0.1) is 28.8 Å². The molecule has 2 aromatic rings. The van der Waals surface area contributed by atoms with E-state index < -0.39 is 38.9 Å². The van der Waals surface area contributed by atoms with Gasteiger partial charge in [0, 0.05) is 13.1 Å². The molecule has 10 heteroatoms. The minimum absolute atomic E-state index is 0.0804. The van der Waals surface area contributed by atoms with Gasteiger partial charge in [0.1, 0.15) is 11.6 Å². The van der Waals surface area contributed by atoms with E-state index in [9.17, 15) is 22.7 Å². The van der Waals surface area contributed by atoms with Crippen LogP contribution in [-0.4, -0.2) is 40.7 Å². The van der Waals surface area contributed by atoms with Gasteiger partial charge < -0.3 is 15.5 Å². The molecule has 1 aromatic carbocycles. The molecule has 1 saturated carbocycles. The summed E-state index contributed by atoms with van der Waals surface area (Å²) >= 11 is 0. The molecule has 29 heavy (non-hydrogen) atoms. The number of sulfonamides is 1. The summed E-state index contributed by atoms with van der Waals surface area (Å²) in [6, 6.07) is 7.03. The van der Waals surface area contributed by atoms with E-state index in [0.29, 0.717) is 18.4 Å². The molecule has 1 unspecified atom stereocenters. The number of hydrogen-bond acceptors (Lipinski definition) is 6. The Morgan fingerprint density at radius 3 is 2.48 bits per heavy atom. The molecule has 158 valence electrons. The van der Waals surface area contributed by atoms with E-state index in [0.717, 1.165) is 0 Å². The van der Waals surface area contributed by atoms with E-state index in [1.807, 2.05) is 0 Å². The van der Waals surface area contributed by atoms with Crippen molar-refractivity contribution in [2.24, 2.45) is 7.05 Å². The van der Waals surface area contributed by atoms with Crippen LogP contribution in [-0.2, 0) is 17.1 Å². The number of pyridine rings is 1. The van der Waals surface area contributed by atoms with Gasteiger partial charge in [0.25, 0.3) is 5.56 Å². The molecular weight excluding hydrogens is 401 g/mol. The fraction of sp³-hybridized carbons (Fsp3) is 0.421. The van der Waals surface area contributed by atoms with Crippen molar-refractivity contribution in [3.05, 3.63) is 52.1 Å². The van der Waals surface area contributed by atoms with Crippen LogP contribution in [0.5, 0.6) is 0 Å². The Balaban J connectivity index is 1.96. The van der Waals surface area contributed by atoms with Gasteiger partial charge in [0.2, 0.25) is 10.0 Å². The summed E-state index contributed by atoms with van der Waals surface area (Å²) < 4.78 is 42.7. The number of aliphatic hydroxyl groups excluding tert-OH is 2. The highest BCUT2D eigenvalue weighted by molar-refractivity contribution is 7.94. The van der Waals surface area contributed by atoms with Gasteiger partial charge in [-0.15, -0.1) is 0 Å². The lowest BCUT2D eigenvalue weighted by Gasteiger charge is -2.22. The van der Waals surface area contributed by atoms with E-state index in [2.05, 4.69) is 10.0 Å². The van der Waals surface area contributed by atoms with E-state index >= 15 is 0 Å². The number of benzene rings is 1. The molecule has 1 heterocycles. The number of aryl methyl sites for hydroxylation is 1. The summed E-state index contributed by atoms with van der Waals surface area (Å²) in [6.45, 7) is 1.21. The van der Waals surface area contributed by atoms with Crippen molar-refractivity contribution in [1.29, 1.82) is 0 Å². The number of nitrogens with one attached hydrogen (secondary N) is 2. The predicted octanol–water partition coefficient (Wildman–Crippen LogP) is 1.59. The Morgan fingerprint density at radius 1 is 1.24 bits per heavy atom. The smallest absolute Gasteiger partial charge is 0.251 e. The van der Waals surface area contributed by atoms with Gasteiger partial charge in [-0.3, -0.25) is 14.1 Å². The molecule has 0 saturated heterocycles. The number of nitrogens with zero attached hydrogens (tertiary/aromatic N) is 1. The second kappa shape index (κ2) is 7.77. The summed E-state index contributed by atoms with van der Waals surface area (Å²) in [7, 11) is -2.50. The molecule has 0 aliphatic heterocycles. The lowest BCUT2D eigenvalue weighted by Crippen LogP contribution is -2.35. The minimum atomic E-state index is -3.94. The zero-order valence-electron chi connectivity index (χ0n) is 16.1. The zero-order valence-corrected chi connectivity index (χ0v) is 17.0. The van der Waals surface area contributed by atoms with Crippen molar-refractivity contribution in [2.75, 3.05) is 16.6 Å². The maximum absolute atomic E-state index is 14.3. The fourth-order valence-electron chi connectivity index (χ4n) is 3.19. The Kier molecular flexibility index (Phi) is 5.70. The second-order valence-electron chi connectivity index (χ2n) is 7.43. The summed E-state index contributed by atoms with van der Waals surface area (Å²) in [5.74, 6) is -0.456. The lowest BCUT2D eigenvalue weighted by atomic mass is 10.2. The van der Waals surface area contributed by atoms with Crippen molar-refractivity contribution in [2.45, 2.75) is 37.0 Å². The van der Waals surface area contributed by atoms with Crippen LogP contribution >= 0.6 is 0 Å². The third-order valence-electron chi connectivity index (χ3n) is 5.13. The molecule has 1 aromatic heterocycles. The van der Waals surface area contributed by atoms with Crippen LogP contribution in [0.2, 0.25) is 0 Å². The van der Waals surface area contributed by atoms with Gasteiger partial charge in [-0.1, -0.05) is 6.07 Å². The average Bonchev–Trinajstić information content (AvgIpc) is 3.44. The van der Waals surface area contributed by atoms with Crippen molar-refractivity contribution >= 4 is 27.2 Å². The van der Waals surface area contributed by atoms with E-state index in [1.165, 1.54) is 35.9 Å². The van der Waals surface area contributed by atoms with E-state index in [4.69, 9.17) is 5.11 Å². The largest absolute Gasteiger partial charge is 0.394 e. The highest BCUT2D eigenvalue weighted by atomic mass is 32.2. The molecule has 1 aliphatic carbocycles. The molecule has 0 radical (unpaired) electrons. The number of aliphatic hydroxyl groups is 2.